The molecule has 8 atom stereocenters. The second-order valence-corrected chi connectivity index (χ2v) is 13.1. The highest BCUT2D eigenvalue weighted by Crippen LogP contribution is 2.67. The monoisotopic (exact) mass is 413 g/mol. The van der Waals surface area contributed by atoms with Crippen LogP contribution < -0.4 is 0 Å². The molecular weight excluding hydrogens is 362 g/mol. The second-order valence-electron chi connectivity index (χ2n) is 13.1. The molecule has 4 aliphatic rings. The lowest BCUT2D eigenvalue weighted by Crippen LogP contribution is -2.51. The average Bonchev–Trinajstić information content (AvgIpc) is 3.04. The fourth-order valence-electron chi connectivity index (χ4n) is 9.11. The molecule has 0 heterocycles. The first-order valence-electron chi connectivity index (χ1n) is 13.5. The van der Waals surface area contributed by atoms with E-state index in [1.807, 2.05) is 5.57 Å². The van der Waals surface area contributed by atoms with Crippen molar-refractivity contribution in [3.8, 4) is 0 Å². The third-order valence-corrected chi connectivity index (χ3v) is 11.0. The summed E-state index contributed by atoms with van der Waals surface area (Å²) < 4.78 is 0. The van der Waals surface area contributed by atoms with Crippen molar-refractivity contribution in [2.24, 2.45) is 46.3 Å². The van der Waals surface area contributed by atoms with Crippen LogP contribution in [-0.2, 0) is 0 Å². The molecule has 172 valence electrons. The fourth-order valence-corrected chi connectivity index (χ4v) is 9.11. The molecule has 0 aromatic carbocycles. The van der Waals surface area contributed by atoms with Crippen molar-refractivity contribution in [1.29, 1.82) is 0 Å². The van der Waals surface area contributed by atoms with Crippen LogP contribution in [0.5, 0.6) is 0 Å². The van der Waals surface area contributed by atoms with Gasteiger partial charge in [-0.2, -0.15) is 0 Å². The molecule has 0 amide bonds. The number of fused-ring (bicyclic) bond motifs is 5. The fraction of sp³-hybridized carbons (Fsp3) is 0.931. The van der Waals surface area contributed by atoms with Gasteiger partial charge in [-0.1, -0.05) is 65.5 Å². The third kappa shape index (κ3) is 3.84. The van der Waals surface area contributed by atoms with Gasteiger partial charge in [-0.25, -0.2) is 0 Å². The van der Waals surface area contributed by atoms with Crippen molar-refractivity contribution < 1.29 is 0 Å². The minimum absolute atomic E-state index is 0.512. The molecule has 0 saturated heterocycles. The van der Waals surface area contributed by atoms with Gasteiger partial charge in [-0.05, 0) is 112 Å². The molecule has 0 radical (unpaired) electrons. The zero-order valence-electron chi connectivity index (χ0n) is 21.3. The van der Waals surface area contributed by atoms with Crippen molar-refractivity contribution in [1.82, 2.24) is 4.90 Å². The third-order valence-electron chi connectivity index (χ3n) is 11.0. The van der Waals surface area contributed by atoms with Crippen LogP contribution in [-0.4, -0.2) is 25.0 Å². The lowest BCUT2D eigenvalue weighted by molar-refractivity contribution is -0.0535. The predicted octanol–water partition coefficient (Wildman–Crippen LogP) is 7.96. The van der Waals surface area contributed by atoms with Crippen LogP contribution in [0.3, 0.4) is 0 Å². The SMILES string of the molecule is CC(C)CCCC(C)[C@H]1CC[C@H]2[C@@H]3CC=C4C[C@@H](N(C)C)CC[C@]4(C)[C@H]3CC[C@]12C. The van der Waals surface area contributed by atoms with E-state index in [9.17, 15) is 0 Å². The number of hydrogen-bond donors (Lipinski definition) is 0. The quantitative estimate of drug-likeness (QED) is 0.399. The van der Waals surface area contributed by atoms with E-state index >= 15 is 0 Å². The molecule has 30 heavy (non-hydrogen) atoms. The molecule has 0 aromatic rings. The Kier molecular flexibility index (Phi) is 6.53. The maximum Gasteiger partial charge on any atom is 0.0127 e. The van der Waals surface area contributed by atoms with E-state index in [-0.39, 0.29) is 0 Å². The van der Waals surface area contributed by atoms with Gasteiger partial charge >= 0.3 is 0 Å². The Labute approximate surface area is 188 Å². The Morgan fingerprint density at radius 3 is 2.43 bits per heavy atom. The smallest absolute Gasteiger partial charge is 0.0127 e. The highest BCUT2D eigenvalue weighted by molar-refractivity contribution is 5.26. The minimum Gasteiger partial charge on any atom is -0.306 e. The molecular formula is C29H51N. The van der Waals surface area contributed by atoms with Gasteiger partial charge in [0, 0.05) is 6.04 Å². The van der Waals surface area contributed by atoms with Crippen LogP contribution in [0.1, 0.15) is 105 Å². The van der Waals surface area contributed by atoms with Crippen LogP contribution in [0.2, 0.25) is 0 Å². The summed E-state index contributed by atoms with van der Waals surface area (Å²) >= 11 is 0. The molecule has 0 aromatic heterocycles. The van der Waals surface area contributed by atoms with Gasteiger partial charge in [0.25, 0.3) is 0 Å². The van der Waals surface area contributed by atoms with Crippen molar-refractivity contribution >= 4 is 0 Å². The number of rotatable bonds is 6. The summed E-state index contributed by atoms with van der Waals surface area (Å²) in [6.45, 7) is 12.8. The summed E-state index contributed by atoms with van der Waals surface area (Å²) in [6.07, 6.45) is 18.7. The average molecular weight is 414 g/mol. The lowest BCUT2D eigenvalue weighted by Gasteiger charge is -2.59. The Morgan fingerprint density at radius 2 is 1.73 bits per heavy atom. The van der Waals surface area contributed by atoms with Gasteiger partial charge in [-0.3, -0.25) is 0 Å². The molecule has 0 aliphatic heterocycles. The summed E-state index contributed by atoms with van der Waals surface area (Å²) in [6, 6.07) is 0.775. The van der Waals surface area contributed by atoms with E-state index < -0.39 is 0 Å². The summed E-state index contributed by atoms with van der Waals surface area (Å²) in [4.78, 5) is 2.48. The molecule has 1 heteroatoms. The van der Waals surface area contributed by atoms with Gasteiger partial charge in [0.2, 0.25) is 0 Å². The predicted molar refractivity (Wildman–Crippen MR) is 131 cm³/mol. The van der Waals surface area contributed by atoms with Gasteiger partial charge in [0.15, 0.2) is 0 Å². The Morgan fingerprint density at radius 1 is 0.967 bits per heavy atom. The van der Waals surface area contributed by atoms with Crippen molar-refractivity contribution in [3.05, 3.63) is 11.6 Å². The normalized spacial score (nSPS) is 44.4. The molecule has 3 fully saturated rings. The van der Waals surface area contributed by atoms with Crippen molar-refractivity contribution in [2.75, 3.05) is 14.1 Å². The summed E-state index contributed by atoms with van der Waals surface area (Å²) in [5, 5.41) is 0. The first-order chi connectivity index (χ1) is 14.2. The first kappa shape index (κ1) is 22.9. The summed E-state index contributed by atoms with van der Waals surface area (Å²) in [5.74, 6) is 5.71. The Bertz CT molecular complexity index is 632. The van der Waals surface area contributed by atoms with Crippen LogP contribution in [0.4, 0.5) is 0 Å². The van der Waals surface area contributed by atoms with E-state index in [4.69, 9.17) is 0 Å². The van der Waals surface area contributed by atoms with Gasteiger partial charge in [-0.15, -0.1) is 0 Å². The van der Waals surface area contributed by atoms with Gasteiger partial charge in [0.1, 0.15) is 0 Å². The van der Waals surface area contributed by atoms with Gasteiger partial charge in [0.05, 0.1) is 0 Å². The van der Waals surface area contributed by atoms with E-state index in [0.717, 1.165) is 41.5 Å². The molecule has 0 spiro atoms. The molecule has 4 aliphatic carbocycles. The highest BCUT2D eigenvalue weighted by atomic mass is 15.1. The first-order valence-corrected chi connectivity index (χ1v) is 13.5. The Balaban J connectivity index is 1.48. The standard InChI is InChI=1S/C29H51N/c1-20(2)9-8-10-21(3)25-13-14-26-24-12-11-22-19-23(30(6)7)15-17-28(22,4)27(24)16-18-29(25,26)5/h11,20-21,23-27H,8-10,12-19H2,1-7H3/t21?,23-,24-,25+,26-,27-,28-,29+/m0/s1. The lowest BCUT2D eigenvalue weighted by atomic mass is 9.47. The van der Waals surface area contributed by atoms with Crippen LogP contribution in [0.25, 0.3) is 0 Å². The van der Waals surface area contributed by atoms with E-state index in [1.54, 1.807) is 0 Å². The molecule has 3 saturated carbocycles. The minimum atomic E-state index is 0.512. The second kappa shape index (κ2) is 8.57. The van der Waals surface area contributed by atoms with E-state index in [0.29, 0.717) is 10.8 Å². The molecule has 4 rings (SSSR count). The Hall–Kier alpha value is -0.300. The number of nitrogens with zero attached hydrogens (tertiary/aromatic N) is 1. The molecule has 1 unspecified atom stereocenters. The molecule has 0 bridgehead atoms. The van der Waals surface area contributed by atoms with Crippen LogP contribution in [0.15, 0.2) is 11.6 Å². The number of hydrogen-bond acceptors (Lipinski definition) is 1. The van der Waals surface area contributed by atoms with Gasteiger partial charge < -0.3 is 4.90 Å². The van der Waals surface area contributed by atoms with Crippen molar-refractivity contribution in [3.63, 3.8) is 0 Å². The van der Waals surface area contributed by atoms with Crippen LogP contribution in [0, 0.1) is 46.3 Å². The number of allylic oxidation sites excluding steroid dienone is 1. The maximum atomic E-state index is 2.75. The highest BCUT2D eigenvalue weighted by Gasteiger charge is 2.59. The topological polar surface area (TPSA) is 3.24 Å². The summed E-state index contributed by atoms with van der Waals surface area (Å²) in [5.41, 5.74) is 2.98. The summed E-state index contributed by atoms with van der Waals surface area (Å²) in [7, 11) is 4.57. The zero-order chi connectivity index (χ0) is 21.7. The van der Waals surface area contributed by atoms with E-state index in [2.05, 4.69) is 59.7 Å². The maximum absolute atomic E-state index is 2.75. The largest absolute Gasteiger partial charge is 0.306 e. The molecule has 0 N–H and O–H groups in total. The molecule has 1 nitrogen and oxygen atoms in total. The van der Waals surface area contributed by atoms with E-state index in [1.165, 1.54) is 70.6 Å². The zero-order valence-corrected chi connectivity index (χ0v) is 21.3. The van der Waals surface area contributed by atoms with Crippen molar-refractivity contribution in [2.45, 2.75) is 111 Å². The van der Waals surface area contributed by atoms with Crippen LogP contribution >= 0.6 is 0 Å².